The minimum absolute atomic E-state index is 0.0452. The highest BCUT2D eigenvalue weighted by Crippen LogP contribution is 2.59. The normalized spacial score (nSPS) is 16.2. The highest BCUT2D eigenvalue weighted by atomic mass is 15.2. The van der Waals surface area contributed by atoms with Crippen molar-refractivity contribution in [2.24, 2.45) is 0 Å². The lowest BCUT2D eigenvalue weighted by Gasteiger charge is -2.39. The summed E-state index contributed by atoms with van der Waals surface area (Å²) in [5.74, 6) is 0. The second-order valence-corrected chi connectivity index (χ2v) is 17.3. The molecule has 0 fully saturated rings. The topological polar surface area (TPSA) is 6.48 Å². The van der Waals surface area contributed by atoms with Crippen molar-refractivity contribution >= 4 is 33.5 Å². The third-order valence-electron chi connectivity index (χ3n) is 13.7. The summed E-state index contributed by atoms with van der Waals surface area (Å²) < 4.78 is 0. The average molecular weight is 823 g/mol. The molecule has 0 radical (unpaired) electrons. The van der Waals surface area contributed by atoms with Gasteiger partial charge < -0.3 is 9.80 Å². The fourth-order valence-corrected chi connectivity index (χ4v) is 10.8. The molecule has 0 aromatic heterocycles. The summed E-state index contributed by atoms with van der Waals surface area (Å²) in [5, 5.41) is 2.46. The third kappa shape index (κ3) is 6.40. The molecule has 11 rings (SSSR count). The first-order chi connectivity index (χ1) is 31.5. The molecule has 0 N–H and O–H groups in total. The van der Waals surface area contributed by atoms with Gasteiger partial charge in [0.05, 0.1) is 11.5 Å². The molecule has 2 unspecified atom stereocenters. The molecule has 0 amide bonds. The van der Waals surface area contributed by atoms with Crippen molar-refractivity contribution in [1.29, 1.82) is 0 Å². The maximum atomic E-state index is 2.60. The third-order valence-corrected chi connectivity index (χ3v) is 13.7. The van der Waals surface area contributed by atoms with Crippen LogP contribution in [0.5, 0.6) is 0 Å². The van der Waals surface area contributed by atoms with E-state index in [4.69, 9.17) is 0 Å². The van der Waals surface area contributed by atoms with Gasteiger partial charge in [-0.25, -0.2) is 0 Å². The van der Waals surface area contributed by atoms with Crippen LogP contribution in [0.2, 0.25) is 0 Å². The Morgan fingerprint density at radius 3 is 1.73 bits per heavy atom. The maximum absolute atomic E-state index is 2.60. The van der Waals surface area contributed by atoms with E-state index in [-0.39, 0.29) is 6.04 Å². The van der Waals surface area contributed by atoms with E-state index in [9.17, 15) is 0 Å². The number of hydrogen-bond donors (Lipinski definition) is 0. The number of allylic oxidation sites excluding steroid dienone is 1. The van der Waals surface area contributed by atoms with Crippen LogP contribution in [0.25, 0.3) is 33.0 Å². The lowest BCUT2D eigenvalue weighted by Crippen LogP contribution is -2.33. The zero-order chi connectivity index (χ0) is 43.2. The van der Waals surface area contributed by atoms with Crippen molar-refractivity contribution in [3.63, 3.8) is 0 Å². The molecular formula is C62H50N2. The highest BCUT2D eigenvalue weighted by molar-refractivity contribution is 5.97. The summed E-state index contributed by atoms with van der Waals surface area (Å²) in [4.78, 5) is 4.97. The molecule has 0 saturated heterocycles. The number of fused-ring (bicyclic) bond motifs is 4. The fourth-order valence-electron chi connectivity index (χ4n) is 10.8. The average Bonchev–Trinajstić information content (AvgIpc) is 3.63. The molecular weight excluding hydrogens is 773 g/mol. The molecule has 2 heteroatoms. The van der Waals surface area contributed by atoms with Crippen LogP contribution in [0.1, 0.15) is 45.4 Å². The highest BCUT2D eigenvalue weighted by Gasteiger charge is 2.48. The monoisotopic (exact) mass is 822 g/mol. The molecule has 0 saturated carbocycles. The predicted molar refractivity (Wildman–Crippen MR) is 270 cm³/mol. The van der Waals surface area contributed by atoms with Gasteiger partial charge in [-0.1, -0.05) is 182 Å². The standard InChI is InChI=1S/C62H50N2/c1-43-20-10-13-28-52(43)53-31-19-34-58(45(53)3)62(57-32-16-11-21-44(57)2)59-33-17-15-30-55(59)56-41-40-51(42-60(56)62)64(61-35-18-23-46-22-12-14-29-54(46)61)50-38-36-49(37-39-50)63(47-24-6-4-7-25-47)48-26-8-5-9-27-48/h4-38,40-42,50H,39H2,1-3H3. The fraction of sp³-hybridized carbons (Fsp3) is 0.0968. The minimum Gasteiger partial charge on any atom is -0.334 e. The first kappa shape index (κ1) is 39.2. The van der Waals surface area contributed by atoms with Gasteiger partial charge in [0.15, 0.2) is 0 Å². The quantitative estimate of drug-likeness (QED) is 0.143. The first-order valence-electron chi connectivity index (χ1n) is 22.5. The molecule has 2 aliphatic carbocycles. The maximum Gasteiger partial charge on any atom is 0.0719 e. The van der Waals surface area contributed by atoms with Gasteiger partial charge in [-0.05, 0) is 142 Å². The van der Waals surface area contributed by atoms with E-state index in [1.54, 1.807) is 0 Å². The summed E-state index contributed by atoms with van der Waals surface area (Å²) in [5.41, 5.74) is 19.5. The number of hydrogen-bond acceptors (Lipinski definition) is 2. The van der Waals surface area contributed by atoms with E-state index in [1.807, 2.05) is 0 Å². The van der Waals surface area contributed by atoms with Crippen LogP contribution >= 0.6 is 0 Å². The van der Waals surface area contributed by atoms with Crippen molar-refractivity contribution in [3.8, 4) is 22.3 Å². The Balaban J connectivity index is 1.13. The van der Waals surface area contributed by atoms with Crippen molar-refractivity contribution in [1.82, 2.24) is 0 Å². The van der Waals surface area contributed by atoms with Crippen LogP contribution in [0, 0.1) is 20.8 Å². The van der Waals surface area contributed by atoms with Crippen LogP contribution in [0.15, 0.2) is 236 Å². The lowest BCUT2D eigenvalue weighted by molar-refractivity contribution is 0.749. The SMILES string of the molecule is Cc1ccccc1-c1cccc(C2(c3ccccc3C)c3ccccc3-c3ccc(N(c4cccc5ccccc45)C4C=CC(N(c5ccccc5)c5ccccc5)=CC4)cc32)c1C. The van der Waals surface area contributed by atoms with E-state index in [2.05, 4.69) is 261 Å². The molecule has 9 aromatic rings. The molecule has 2 aliphatic rings. The van der Waals surface area contributed by atoms with E-state index in [0.29, 0.717) is 0 Å². The Hall–Kier alpha value is -7.68. The number of nitrogens with zero attached hydrogens (tertiary/aromatic N) is 2. The Morgan fingerprint density at radius 1 is 0.438 bits per heavy atom. The van der Waals surface area contributed by atoms with Crippen LogP contribution in [-0.4, -0.2) is 6.04 Å². The van der Waals surface area contributed by atoms with Gasteiger partial charge in [0.25, 0.3) is 0 Å². The predicted octanol–water partition coefficient (Wildman–Crippen LogP) is 16.0. The molecule has 0 aliphatic heterocycles. The lowest BCUT2D eigenvalue weighted by atomic mass is 9.64. The van der Waals surface area contributed by atoms with E-state index >= 15 is 0 Å². The molecule has 0 spiro atoms. The van der Waals surface area contributed by atoms with E-state index in [1.165, 1.54) is 89.0 Å². The van der Waals surface area contributed by atoms with Crippen LogP contribution in [0.4, 0.5) is 22.7 Å². The van der Waals surface area contributed by atoms with Gasteiger partial charge in [-0.2, -0.15) is 0 Å². The van der Waals surface area contributed by atoms with Crippen molar-refractivity contribution in [2.45, 2.75) is 38.6 Å². The summed E-state index contributed by atoms with van der Waals surface area (Å²) in [6.07, 6.45) is 7.99. The number of anilines is 4. The number of para-hydroxylation sites is 2. The van der Waals surface area contributed by atoms with Crippen LogP contribution in [0.3, 0.4) is 0 Å². The number of aryl methyl sites for hydroxylation is 2. The first-order valence-corrected chi connectivity index (χ1v) is 22.5. The summed E-state index contributed by atoms with van der Waals surface area (Å²) in [6.45, 7) is 6.86. The Bertz CT molecular complexity index is 3210. The van der Waals surface area contributed by atoms with Gasteiger partial charge in [-0.15, -0.1) is 0 Å². The molecule has 9 aromatic carbocycles. The Labute approximate surface area is 377 Å². The Kier molecular flexibility index (Phi) is 9.93. The second kappa shape index (κ2) is 16.2. The molecule has 2 nitrogen and oxygen atoms in total. The number of benzene rings is 9. The zero-order valence-electron chi connectivity index (χ0n) is 36.6. The second-order valence-electron chi connectivity index (χ2n) is 17.3. The largest absolute Gasteiger partial charge is 0.334 e. The molecule has 308 valence electrons. The molecule has 0 bridgehead atoms. The molecule has 64 heavy (non-hydrogen) atoms. The van der Waals surface area contributed by atoms with Crippen molar-refractivity contribution in [3.05, 3.63) is 275 Å². The van der Waals surface area contributed by atoms with Crippen LogP contribution < -0.4 is 9.80 Å². The number of rotatable bonds is 9. The van der Waals surface area contributed by atoms with E-state index < -0.39 is 5.41 Å². The van der Waals surface area contributed by atoms with Crippen LogP contribution in [-0.2, 0) is 5.41 Å². The van der Waals surface area contributed by atoms with Gasteiger partial charge in [-0.3, -0.25) is 0 Å². The van der Waals surface area contributed by atoms with Gasteiger partial charge in [0.1, 0.15) is 0 Å². The van der Waals surface area contributed by atoms with Gasteiger partial charge in [0, 0.05) is 33.8 Å². The molecule has 0 heterocycles. The zero-order valence-corrected chi connectivity index (χ0v) is 36.6. The van der Waals surface area contributed by atoms with E-state index in [0.717, 1.165) is 17.8 Å². The van der Waals surface area contributed by atoms with Gasteiger partial charge in [0.2, 0.25) is 0 Å². The molecule has 2 atom stereocenters. The summed E-state index contributed by atoms with van der Waals surface area (Å²) in [6, 6.07) is 78.3. The van der Waals surface area contributed by atoms with Crippen molar-refractivity contribution in [2.75, 3.05) is 9.80 Å². The summed E-state index contributed by atoms with van der Waals surface area (Å²) in [7, 11) is 0. The van der Waals surface area contributed by atoms with Gasteiger partial charge >= 0.3 is 0 Å². The Morgan fingerprint density at radius 2 is 1.02 bits per heavy atom. The smallest absolute Gasteiger partial charge is 0.0719 e. The summed E-state index contributed by atoms with van der Waals surface area (Å²) >= 11 is 0. The minimum atomic E-state index is -0.582. The van der Waals surface area contributed by atoms with Crippen molar-refractivity contribution < 1.29 is 0 Å².